The zero-order valence-corrected chi connectivity index (χ0v) is 19.0. The lowest BCUT2D eigenvalue weighted by Gasteiger charge is -2.20. The second-order valence-electron chi connectivity index (χ2n) is 9.17. The van der Waals surface area contributed by atoms with Crippen LogP contribution < -0.4 is 10.6 Å². The standard InChI is InChI=1S/C23H29N5O5/c1-14-15(2)28(16-7-3-4-8-16)20(17(14)11-24)25-18(29)13-33-19(30)12-27-21(31)23(26-22(27)32)9-5-6-10-23/h16H,3-10,12-13H2,1-2H3,(H,25,29)(H,26,32). The zero-order chi connectivity index (χ0) is 23.8. The van der Waals surface area contributed by atoms with Crippen LogP contribution in [0, 0.1) is 25.2 Å². The molecular weight excluding hydrogens is 426 g/mol. The third-order valence-corrected chi connectivity index (χ3v) is 7.17. The van der Waals surface area contributed by atoms with Crippen LogP contribution in [-0.4, -0.2) is 52.0 Å². The molecule has 2 N–H and O–H groups in total. The molecule has 1 aromatic heterocycles. The highest BCUT2D eigenvalue weighted by molar-refractivity contribution is 6.09. The molecule has 10 heteroatoms. The fraction of sp³-hybridized carbons (Fsp3) is 0.609. The minimum atomic E-state index is -0.899. The van der Waals surface area contributed by atoms with Gasteiger partial charge in [-0.3, -0.25) is 19.3 Å². The van der Waals surface area contributed by atoms with Gasteiger partial charge in [0.2, 0.25) is 0 Å². The summed E-state index contributed by atoms with van der Waals surface area (Å²) in [6, 6.07) is 1.77. The highest BCUT2D eigenvalue weighted by atomic mass is 16.5. The molecule has 0 bridgehead atoms. The van der Waals surface area contributed by atoms with Gasteiger partial charge in [0.15, 0.2) is 6.61 Å². The van der Waals surface area contributed by atoms with Gasteiger partial charge >= 0.3 is 12.0 Å². The highest BCUT2D eigenvalue weighted by Crippen LogP contribution is 2.38. The Hall–Kier alpha value is -3.35. The number of hydrogen-bond acceptors (Lipinski definition) is 6. The topological polar surface area (TPSA) is 134 Å². The number of nitrogens with one attached hydrogen (secondary N) is 2. The number of nitriles is 1. The molecule has 4 rings (SSSR count). The Morgan fingerprint density at radius 3 is 2.48 bits per heavy atom. The number of hydrogen-bond donors (Lipinski definition) is 2. The maximum atomic E-state index is 12.6. The van der Waals surface area contributed by atoms with Crippen LogP contribution in [0.15, 0.2) is 0 Å². The third kappa shape index (κ3) is 4.08. The summed E-state index contributed by atoms with van der Waals surface area (Å²) in [5, 5.41) is 15.1. The summed E-state index contributed by atoms with van der Waals surface area (Å²) in [7, 11) is 0. The largest absolute Gasteiger partial charge is 0.454 e. The van der Waals surface area contributed by atoms with Crippen molar-refractivity contribution in [2.75, 3.05) is 18.5 Å². The van der Waals surface area contributed by atoms with Gasteiger partial charge in [0.25, 0.3) is 11.8 Å². The van der Waals surface area contributed by atoms with Gasteiger partial charge in [-0.2, -0.15) is 5.26 Å². The molecule has 0 atom stereocenters. The number of aromatic nitrogens is 1. The molecule has 0 unspecified atom stereocenters. The summed E-state index contributed by atoms with van der Waals surface area (Å²) in [5.74, 6) is -1.41. The predicted octanol–water partition coefficient (Wildman–Crippen LogP) is 2.44. The van der Waals surface area contributed by atoms with Gasteiger partial charge in [0.1, 0.15) is 24.0 Å². The maximum absolute atomic E-state index is 12.6. The van der Waals surface area contributed by atoms with Crippen molar-refractivity contribution in [3.8, 4) is 6.07 Å². The van der Waals surface area contributed by atoms with E-state index in [1.54, 1.807) is 0 Å². The first kappa shape index (κ1) is 22.8. The number of anilines is 1. The molecule has 0 radical (unpaired) electrons. The van der Waals surface area contributed by atoms with Crippen molar-refractivity contribution < 1.29 is 23.9 Å². The van der Waals surface area contributed by atoms with E-state index in [0.717, 1.165) is 54.7 Å². The van der Waals surface area contributed by atoms with Crippen LogP contribution in [0.25, 0.3) is 0 Å². The van der Waals surface area contributed by atoms with Gasteiger partial charge in [-0.25, -0.2) is 4.79 Å². The molecule has 0 aromatic carbocycles. The summed E-state index contributed by atoms with van der Waals surface area (Å²) in [6.07, 6.45) is 6.96. The molecule has 2 saturated carbocycles. The van der Waals surface area contributed by atoms with E-state index >= 15 is 0 Å². The Bertz CT molecular complexity index is 1040. The molecular formula is C23H29N5O5. The van der Waals surface area contributed by atoms with Crippen LogP contribution in [0.4, 0.5) is 10.6 Å². The van der Waals surface area contributed by atoms with Crippen LogP contribution in [0.2, 0.25) is 0 Å². The Balaban J connectivity index is 1.38. The first-order valence-corrected chi connectivity index (χ1v) is 11.5. The average Bonchev–Trinajstić information content (AvgIpc) is 3.55. The number of carbonyl (C=O) groups is 4. The first-order valence-electron chi connectivity index (χ1n) is 11.5. The van der Waals surface area contributed by atoms with Crippen molar-refractivity contribution in [2.24, 2.45) is 0 Å². The lowest BCUT2D eigenvalue weighted by Crippen LogP contribution is -2.44. The minimum Gasteiger partial charge on any atom is -0.454 e. The van der Waals surface area contributed by atoms with E-state index in [0.29, 0.717) is 24.2 Å². The van der Waals surface area contributed by atoms with Gasteiger partial charge < -0.3 is 19.9 Å². The average molecular weight is 456 g/mol. The number of nitrogens with zero attached hydrogens (tertiary/aromatic N) is 3. The number of rotatable bonds is 6. The number of carbonyl (C=O) groups excluding carboxylic acids is 4. The van der Waals surface area contributed by atoms with Crippen molar-refractivity contribution in [1.82, 2.24) is 14.8 Å². The maximum Gasteiger partial charge on any atom is 0.326 e. The number of imide groups is 1. The molecule has 1 aromatic rings. The molecule has 3 aliphatic rings. The highest BCUT2D eigenvalue weighted by Gasteiger charge is 2.52. The zero-order valence-electron chi connectivity index (χ0n) is 19.0. The van der Waals surface area contributed by atoms with E-state index in [1.807, 2.05) is 18.4 Å². The molecule has 10 nitrogen and oxygen atoms in total. The monoisotopic (exact) mass is 455 g/mol. The van der Waals surface area contributed by atoms with Crippen LogP contribution in [0.3, 0.4) is 0 Å². The normalized spacial score (nSPS) is 19.7. The fourth-order valence-electron chi connectivity index (χ4n) is 5.33. The van der Waals surface area contributed by atoms with Crippen molar-refractivity contribution in [2.45, 2.75) is 76.8 Å². The predicted molar refractivity (Wildman–Crippen MR) is 117 cm³/mol. The molecule has 1 spiro atoms. The number of ether oxygens (including phenoxy) is 1. The lowest BCUT2D eigenvalue weighted by atomic mass is 9.98. The third-order valence-electron chi connectivity index (χ3n) is 7.17. The Labute approximate surface area is 192 Å². The van der Waals surface area contributed by atoms with Crippen molar-refractivity contribution in [1.29, 1.82) is 5.26 Å². The first-order chi connectivity index (χ1) is 15.8. The summed E-state index contributed by atoms with van der Waals surface area (Å²) in [5.41, 5.74) is 1.26. The van der Waals surface area contributed by atoms with E-state index in [-0.39, 0.29) is 6.04 Å². The molecule has 4 amide bonds. The fourth-order valence-corrected chi connectivity index (χ4v) is 5.33. The number of esters is 1. The molecule has 3 fully saturated rings. The van der Waals surface area contributed by atoms with E-state index in [4.69, 9.17) is 4.74 Å². The summed E-state index contributed by atoms with van der Waals surface area (Å²) < 4.78 is 7.05. The van der Waals surface area contributed by atoms with Gasteiger partial charge in [-0.05, 0) is 45.1 Å². The van der Waals surface area contributed by atoms with E-state index in [9.17, 15) is 24.4 Å². The molecule has 176 valence electrons. The van der Waals surface area contributed by atoms with Crippen LogP contribution in [0.5, 0.6) is 0 Å². The molecule has 1 saturated heterocycles. The van der Waals surface area contributed by atoms with Crippen LogP contribution in [-0.2, 0) is 19.1 Å². The SMILES string of the molecule is Cc1c(C#N)c(NC(=O)COC(=O)CN2C(=O)NC3(CCCC3)C2=O)n(C2CCCC2)c1C. The van der Waals surface area contributed by atoms with Gasteiger partial charge in [-0.15, -0.1) is 0 Å². The van der Waals surface area contributed by atoms with Crippen LogP contribution >= 0.6 is 0 Å². The number of urea groups is 1. The van der Waals surface area contributed by atoms with Crippen molar-refractivity contribution in [3.05, 3.63) is 16.8 Å². The Morgan fingerprint density at radius 1 is 1.18 bits per heavy atom. The second-order valence-corrected chi connectivity index (χ2v) is 9.17. The Kier molecular flexibility index (Phi) is 6.15. The smallest absolute Gasteiger partial charge is 0.326 e. The van der Waals surface area contributed by atoms with Gasteiger partial charge in [0, 0.05) is 11.7 Å². The molecule has 2 aliphatic carbocycles. The van der Waals surface area contributed by atoms with E-state index in [1.165, 1.54) is 0 Å². The quantitative estimate of drug-likeness (QED) is 0.500. The number of amides is 4. The van der Waals surface area contributed by atoms with Crippen LogP contribution in [0.1, 0.15) is 74.2 Å². The lowest BCUT2D eigenvalue weighted by molar-refractivity contribution is -0.150. The van der Waals surface area contributed by atoms with E-state index in [2.05, 4.69) is 16.7 Å². The van der Waals surface area contributed by atoms with Gasteiger partial charge in [-0.1, -0.05) is 25.7 Å². The molecule has 33 heavy (non-hydrogen) atoms. The van der Waals surface area contributed by atoms with Gasteiger partial charge in [0.05, 0.1) is 5.56 Å². The Morgan fingerprint density at radius 2 is 1.85 bits per heavy atom. The second kappa shape index (κ2) is 8.89. The van der Waals surface area contributed by atoms with E-state index < -0.39 is 42.5 Å². The summed E-state index contributed by atoms with van der Waals surface area (Å²) >= 11 is 0. The molecule has 2 heterocycles. The van der Waals surface area contributed by atoms with Crippen molar-refractivity contribution in [3.63, 3.8) is 0 Å². The molecule has 1 aliphatic heterocycles. The van der Waals surface area contributed by atoms with Crippen molar-refractivity contribution >= 4 is 29.6 Å². The summed E-state index contributed by atoms with van der Waals surface area (Å²) in [6.45, 7) is 2.66. The minimum absolute atomic E-state index is 0.214. The summed E-state index contributed by atoms with van der Waals surface area (Å²) in [4.78, 5) is 50.6.